The SMILES string of the molecule is CC(C)(C)OC(=O)N1C[C@@H](CNC(=O)N2CCc3ccccc3[C@@H]2c2ccc(F)cc2)[C@@H](O)C1. The van der Waals surface area contributed by atoms with Gasteiger partial charge in [0.1, 0.15) is 11.4 Å². The molecule has 4 rings (SSSR count). The van der Waals surface area contributed by atoms with E-state index in [0.29, 0.717) is 13.1 Å². The van der Waals surface area contributed by atoms with Gasteiger partial charge in [0.2, 0.25) is 0 Å². The number of fused-ring (bicyclic) bond motifs is 1. The van der Waals surface area contributed by atoms with Crippen LogP contribution in [0.5, 0.6) is 0 Å². The van der Waals surface area contributed by atoms with E-state index in [1.54, 1.807) is 37.8 Å². The number of amides is 3. The van der Waals surface area contributed by atoms with Crippen LogP contribution in [0.25, 0.3) is 0 Å². The van der Waals surface area contributed by atoms with Gasteiger partial charge >= 0.3 is 12.1 Å². The van der Waals surface area contributed by atoms with Crippen molar-refractivity contribution in [3.63, 3.8) is 0 Å². The van der Waals surface area contributed by atoms with Crippen LogP contribution in [0.4, 0.5) is 14.0 Å². The number of rotatable bonds is 3. The third-order valence-electron chi connectivity index (χ3n) is 6.30. The third-order valence-corrected chi connectivity index (χ3v) is 6.30. The molecule has 0 aliphatic carbocycles. The molecule has 2 aromatic rings. The molecule has 2 aliphatic rings. The lowest BCUT2D eigenvalue weighted by molar-refractivity contribution is 0.0269. The summed E-state index contributed by atoms with van der Waals surface area (Å²) in [6, 6.07) is 13.6. The predicted octanol–water partition coefficient (Wildman–Crippen LogP) is 3.71. The third kappa shape index (κ3) is 5.33. The van der Waals surface area contributed by atoms with Crippen molar-refractivity contribution >= 4 is 12.1 Å². The zero-order chi connectivity index (χ0) is 24.5. The van der Waals surface area contributed by atoms with Crippen LogP contribution in [-0.2, 0) is 11.2 Å². The van der Waals surface area contributed by atoms with Crippen LogP contribution in [0.3, 0.4) is 0 Å². The molecule has 2 heterocycles. The first-order valence-electron chi connectivity index (χ1n) is 11.7. The minimum Gasteiger partial charge on any atom is -0.444 e. The predicted molar refractivity (Wildman–Crippen MR) is 126 cm³/mol. The number of urea groups is 1. The number of carbonyl (C=O) groups excluding carboxylic acids is 2. The zero-order valence-electron chi connectivity index (χ0n) is 19.8. The fraction of sp³-hybridized carbons (Fsp3) is 0.462. The first-order valence-corrected chi connectivity index (χ1v) is 11.7. The number of likely N-dealkylation sites (tertiary alicyclic amines) is 1. The van der Waals surface area contributed by atoms with Gasteiger partial charge in [-0.2, -0.15) is 0 Å². The van der Waals surface area contributed by atoms with Gasteiger partial charge in [-0.1, -0.05) is 36.4 Å². The second-order valence-electron chi connectivity index (χ2n) is 10.00. The zero-order valence-corrected chi connectivity index (χ0v) is 19.8. The summed E-state index contributed by atoms with van der Waals surface area (Å²) in [4.78, 5) is 28.9. The fourth-order valence-corrected chi connectivity index (χ4v) is 4.64. The highest BCUT2D eigenvalue weighted by Crippen LogP contribution is 2.35. The molecule has 0 bridgehead atoms. The molecule has 2 N–H and O–H groups in total. The van der Waals surface area contributed by atoms with Gasteiger partial charge in [0.15, 0.2) is 0 Å². The topological polar surface area (TPSA) is 82.1 Å². The Morgan fingerprint density at radius 3 is 2.53 bits per heavy atom. The number of carbonyl (C=O) groups is 2. The Morgan fingerprint density at radius 1 is 1.12 bits per heavy atom. The summed E-state index contributed by atoms with van der Waals surface area (Å²) in [6.07, 6.45) is -0.494. The fourth-order valence-electron chi connectivity index (χ4n) is 4.64. The lowest BCUT2D eigenvalue weighted by atomic mass is 9.88. The minimum absolute atomic E-state index is 0.171. The number of nitrogens with zero attached hydrogens (tertiary/aromatic N) is 2. The highest BCUT2D eigenvalue weighted by molar-refractivity contribution is 5.76. The second-order valence-corrected chi connectivity index (χ2v) is 10.00. The van der Waals surface area contributed by atoms with Gasteiger partial charge in [0.05, 0.1) is 18.7 Å². The highest BCUT2D eigenvalue weighted by atomic mass is 19.1. The van der Waals surface area contributed by atoms with E-state index in [-0.39, 0.29) is 36.9 Å². The van der Waals surface area contributed by atoms with E-state index in [9.17, 15) is 19.1 Å². The number of aliphatic hydroxyl groups excluding tert-OH is 1. The first-order chi connectivity index (χ1) is 16.1. The maximum Gasteiger partial charge on any atom is 0.410 e. The van der Waals surface area contributed by atoms with E-state index >= 15 is 0 Å². The molecule has 0 unspecified atom stereocenters. The Hall–Kier alpha value is -3.13. The van der Waals surface area contributed by atoms with Crippen LogP contribution in [0, 0.1) is 11.7 Å². The maximum atomic E-state index is 13.6. The number of nitrogens with one attached hydrogen (secondary N) is 1. The highest BCUT2D eigenvalue weighted by Gasteiger charge is 2.37. The molecule has 34 heavy (non-hydrogen) atoms. The largest absolute Gasteiger partial charge is 0.444 e. The Kier molecular flexibility index (Phi) is 6.79. The van der Waals surface area contributed by atoms with E-state index in [1.165, 1.54) is 22.6 Å². The smallest absolute Gasteiger partial charge is 0.410 e. The molecule has 2 aromatic carbocycles. The average Bonchev–Trinajstić information content (AvgIpc) is 3.17. The maximum absolute atomic E-state index is 13.6. The molecule has 3 amide bonds. The summed E-state index contributed by atoms with van der Waals surface area (Å²) < 4.78 is 19.0. The molecular weight excluding hydrogens is 437 g/mol. The van der Waals surface area contributed by atoms with Crippen molar-refractivity contribution in [3.8, 4) is 0 Å². The van der Waals surface area contributed by atoms with Crippen LogP contribution in [0.2, 0.25) is 0 Å². The van der Waals surface area contributed by atoms with Crippen LogP contribution < -0.4 is 5.32 Å². The van der Waals surface area contributed by atoms with Crippen LogP contribution >= 0.6 is 0 Å². The molecule has 1 fully saturated rings. The molecule has 0 radical (unpaired) electrons. The number of hydrogen-bond donors (Lipinski definition) is 2. The Bertz CT molecular complexity index is 1040. The van der Waals surface area contributed by atoms with Crippen LogP contribution in [0.1, 0.15) is 43.5 Å². The van der Waals surface area contributed by atoms with Crippen molar-refractivity contribution in [2.45, 2.75) is 44.9 Å². The molecule has 7 nitrogen and oxygen atoms in total. The van der Waals surface area contributed by atoms with Gasteiger partial charge in [0, 0.05) is 25.6 Å². The van der Waals surface area contributed by atoms with Crippen molar-refractivity contribution in [2.75, 3.05) is 26.2 Å². The molecule has 0 spiro atoms. The number of benzene rings is 2. The first kappa shape index (κ1) is 24.0. The lowest BCUT2D eigenvalue weighted by Crippen LogP contribution is -2.48. The van der Waals surface area contributed by atoms with Crippen LogP contribution in [-0.4, -0.2) is 64.9 Å². The monoisotopic (exact) mass is 469 g/mol. The van der Waals surface area contributed by atoms with Gasteiger partial charge in [-0.25, -0.2) is 14.0 Å². The van der Waals surface area contributed by atoms with Crippen molar-refractivity contribution < 1.29 is 23.8 Å². The average molecular weight is 470 g/mol. The summed E-state index contributed by atoms with van der Waals surface area (Å²) in [5.41, 5.74) is 2.40. The van der Waals surface area contributed by atoms with E-state index in [4.69, 9.17) is 4.74 Å². The van der Waals surface area contributed by atoms with Crippen molar-refractivity contribution in [3.05, 3.63) is 71.0 Å². The molecule has 8 heteroatoms. The summed E-state index contributed by atoms with van der Waals surface area (Å²) in [5, 5.41) is 13.4. The normalized spacial score (nSPS) is 22.3. The number of β-amino-alcohol motifs (C(OH)–C–C–N with tert-alkyl or cyclic N) is 1. The van der Waals surface area contributed by atoms with Crippen molar-refractivity contribution in [1.29, 1.82) is 0 Å². The molecular formula is C26H32FN3O4. The molecule has 182 valence electrons. The number of ether oxygens (including phenoxy) is 1. The summed E-state index contributed by atoms with van der Waals surface area (Å²) in [7, 11) is 0. The number of aliphatic hydroxyl groups is 1. The number of hydrogen-bond acceptors (Lipinski definition) is 4. The van der Waals surface area contributed by atoms with Crippen molar-refractivity contribution in [2.24, 2.45) is 5.92 Å². The molecule has 0 aromatic heterocycles. The van der Waals surface area contributed by atoms with Crippen molar-refractivity contribution in [1.82, 2.24) is 15.1 Å². The van der Waals surface area contributed by atoms with E-state index in [1.807, 2.05) is 18.2 Å². The molecule has 1 saturated heterocycles. The standard InChI is InChI=1S/C26H32FN3O4/c1-26(2,3)34-25(33)29-15-19(22(31)16-29)14-28-24(32)30-13-12-17-6-4-5-7-21(17)23(30)18-8-10-20(27)11-9-18/h4-11,19,22-23,31H,12-16H2,1-3H3,(H,28,32)/t19-,22+,23+/m1/s1. The second kappa shape index (κ2) is 9.62. The van der Waals surface area contributed by atoms with Gasteiger partial charge < -0.3 is 25.0 Å². The summed E-state index contributed by atoms with van der Waals surface area (Å²) >= 11 is 0. The molecule has 3 atom stereocenters. The van der Waals surface area contributed by atoms with Gasteiger partial charge in [-0.05, 0) is 56.0 Å². The van der Waals surface area contributed by atoms with Gasteiger partial charge in [0.25, 0.3) is 0 Å². The lowest BCUT2D eigenvalue weighted by Gasteiger charge is -2.38. The van der Waals surface area contributed by atoms with Gasteiger partial charge in [-0.3, -0.25) is 0 Å². The minimum atomic E-state index is -0.747. The van der Waals surface area contributed by atoms with Gasteiger partial charge in [-0.15, -0.1) is 0 Å². The van der Waals surface area contributed by atoms with Crippen LogP contribution in [0.15, 0.2) is 48.5 Å². The van der Waals surface area contributed by atoms with E-state index in [0.717, 1.165) is 17.5 Å². The summed E-state index contributed by atoms with van der Waals surface area (Å²) in [6.45, 7) is 6.61. The Morgan fingerprint density at radius 2 is 1.82 bits per heavy atom. The summed E-state index contributed by atoms with van der Waals surface area (Å²) in [5.74, 6) is -0.619. The van der Waals surface area contributed by atoms with E-state index < -0.39 is 17.8 Å². The molecule has 2 aliphatic heterocycles. The molecule has 0 saturated carbocycles. The van der Waals surface area contributed by atoms with E-state index in [2.05, 4.69) is 11.4 Å². The quantitative estimate of drug-likeness (QED) is 0.718. The Balaban J connectivity index is 1.45. The Labute approximate surface area is 199 Å². The number of halogens is 1.